The number of esters is 1. The molecule has 4 nitrogen and oxygen atoms in total. The zero-order valence-electron chi connectivity index (χ0n) is 10.2. The standard InChI is InChI=1S/C10H16F3NO3/c1-5-6(2)17-8(15)7(3)14(4)9(16)10(11,12)13/h6-7H,5H2,1-4H3. The van der Waals surface area contributed by atoms with Crippen LogP contribution in [-0.4, -0.2) is 42.1 Å². The van der Waals surface area contributed by atoms with Crippen molar-refractivity contribution in [3.8, 4) is 0 Å². The van der Waals surface area contributed by atoms with Crippen LogP contribution in [0.4, 0.5) is 13.2 Å². The van der Waals surface area contributed by atoms with Gasteiger partial charge in [-0.2, -0.15) is 13.2 Å². The highest BCUT2D eigenvalue weighted by atomic mass is 19.4. The van der Waals surface area contributed by atoms with Gasteiger partial charge >= 0.3 is 18.1 Å². The molecule has 0 aromatic carbocycles. The molecule has 100 valence electrons. The number of hydrogen-bond donors (Lipinski definition) is 0. The Morgan fingerprint density at radius 1 is 1.29 bits per heavy atom. The first kappa shape index (κ1) is 15.7. The van der Waals surface area contributed by atoms with Gasteiger partial charge in [0.2, 0.25) is 0 Å². The third-order valence-electron chi connectivity index (χ3n) is 2.38. The van der Waals surface area contributed by atoms with Gasteiger partial charge in [0.15, 0.2) is 0 Å². The number of alkyl halides is 3. The maximum atomic E-state index is 12.1. The monoisotopic (exact) mass is 255 g/mol. The highest BCUT2D eigenvalue weighted by molar-refractivity contribution is 5.87. The summed E-state index contributed by atoms with van der Waals surface area (Å²) in [6, 6.07) is -1.27. The Morgan fingerprint density at radius 3 is 2.12 bits per heavy atom. The first-order chi connectivity index (χ1) is 7.61. The van der Waals surface area contributed by atoms with Crippen molar-refractivity contribution in [1.29, 1.82) is 0 Å². The normalized spacial score (nSPS) is 15.0. The van der Waals surface area contributed by atoms with Crippen LogP contribution in [0.1, 0.15) is 27.2 Å². The summed E-state index contributed by atoms with van der Waals surface area (Å²) in [6.07, 6.45) is -4.82. The van der Waals surface area contributed by atoms with E-state index < -0.39 is 24.1 Å². The van der Waals surface area contributed by atoms with Gasteiger partial charge in [0.1, 0.15) is 6.04 Å². The largest absolute Gasteiger partial charge is 0.471 e. The zero-order chi connectivity index (χ0) is 13.8. The van der Waals surface area contributed by atoms with Crippen LogP contribution < -0.4 is 0 Å². The van der Waals surface area contributed by atoms with Gasteiger partial charge < -0.3 is 9.64 Å². The lowest BCUT2D eigenvalue weighted by Crippen LogP contribution is -2.47. The first-order valence-corrected chi connectivity index (χ1v) is 5.15. The molecule has 0 radical (unpaired) electrons. The summed E-state index contributed by atoms with van der Waals surface area (Å²) in [7, 11) is 0.915. The third kappa shape index (κ3) is 4.62. The van der Waals surface area contributed by atoms with Crippen LogP contribution in [0.2, 0.25) is 0 Å². The summed E-state index contributed by atoms with van der Waals surface area (Å²) in [5, 5.41) is 0. The summed E-state index contributed by atoms with van der Waals surface area (Å²) < 4.78 is 41.2. The molecule has 0 saturated heterocycles. The van der Waals surface area contributed by atoms with E-state index in [1.165, 1.54) is 6.92 Å². The molecule has 0 fully saturated rings. The Bertz CT molecular complexity index is 291. The van der Waals surface area contributed by atoms with E-state index in [2.05, 4.69) is 0 Å². The number of carbonyl (C=O) groups is 2. The van der Waals surface area contributed by atoms with E-state index in [0.717, 1.165) is 7.05 Å². The lowest BCUT2D eigenvalue weighted by molar-refractivity contribution is -0.188. The average molecular weight is 255 g/mol. The molecule has 1 amide bonds. The van der Waals surface area contributed by atoms with Crippen molar-refractivity contribution in [3.63, 3.8) is 0 Å². The Hall–Kier alpha value is -1.27. The van der Waals surface area contributed by atoms with E-state index in [1.54, 1.807) is 13.8 Å². The predicted octanol–water partition coefficient (Wildman–Crippen LogP) is 1.74. The van der Waals surface area contributed by atoms with Crippen LogP contribution in [-0.2, 0) is 14.3 Å². The van der Waals surface area contributed by atoms with Crippen LogP contribution in [0.3, 0.4) is 0 Å². The van der Waals surface area contributed by atoms with Crippen molar-refractivity contribution in [3.05, 3.63) is 0 Å². The second kappa shape index (κ2) is 5.88. The molecule has 0 aromatic heterocycles. The summed E-state index contributed by atoms with van der Waals surface area (Å²) in [6.45, 7) is 4.58. The molecule has 2 atom stereocenters. The van der Waals surface area contributed by atoms with E-state index in [0.29, 0.717) is 11.3 Å². The average Bonchev–Trinajstić information content (AvgIpc) is 2.24. The van der Waals surface area contributed by atoms with E-state index >= 15 is 0 Å². The topological polar surface area (TPSA) is 46.6 Å². The fourth-order valence-corrected chi connectivity index (χ4v) is 0.914. The van der Waals surface area contributed by atoms with Gasteiger partial charge in [0.25, 0.3) is 0 Å². The van der Waals surface area contributed by atoms with Gasteiger partial charge in [0, 0.05) is 7.05 Å². The maximum Gasteiger partial charge on any atom is 0.471 e. The molecule has 0 aliphatic heterocycles. The quantitative estimate of drug-likeness (QED) is 0.719. The second-order valence-electron chi connectivity index (χ2n) is 3.75. The number of rotatable bonds is 4. The number of carbonyl (C=O) groups excluding carboxylic acids is 2. The SMILES string of the molecule is CCC(C)OC(=O)C(C)N(C)C(=O)C(F)(F)F. The number of amides is 1. The number of ether oxygens (including phenoxy) is 1. The fraction of sp³-hybridized carbons (Fsp3) is 0.800. The van der Waals surface area contributed by atoms with E-state index in [4.69, 9.17) is 4.74 Å². The molecule has 0 aliphatic carbocycles. The molecule has 2 unspecified atom stereocenters. The van der Waals surface area contributed by atoms with E-state index in [9.17, 15) is 22.8 Å². The van der Waals surface area contributed by atoms with Crippen molar-refractivity contribution in [2.24, 2.45) is 0 Å². The van der Waals surface area contributed by atoms with Crippen LogP contribution in [0.15, 0.2) is 0 Å². The minimum atomic E-state index is -4.99. The Kier molecular flexibility index (Phi) is 5.44. The molecular formula is C10H16F3NO3. The Labute approximate surface area is 97.7 Å². The summed E-state index contributed by atoms with van der Waals surface area (Å²) in [4.78, 5) is 22.6. The van der Waals surface area contributed by atoms with Crippen molar-refractivity contribution in [2.75, 3.05) is 7.05 Å². The minimum absolute atomic E-state index is 0.324. The van der Waals surface area contributed by atoms with Crippen LogP contribution >= 0.6 is 0 Å². The molecule has 0 N–H and O–H groups in total. The number of hydrogen-bond acceptors (Lipinski definition) is 3. The Balaban J connectivity index is 4.55. The molecule has 0 spiro atoms. The van der Waals surface area contributed by atoms with Crippen molar-refractivity contribution < 1.29 is 27.5 Å². The Morgan fingerprint density at radius 2 is 1.76 bits per heavy atom. The highest BCUT2D eigenvalue weighted by Crippen LogP contribution is 2.19. The molecule has 0 heterocycles. The van der Waals surface area contributed by atoms with Gasteiger partial charge in [-0.25, -0.2) is 4.79 Å². The molecule has 0 rings (SSSR count). The molecule has 0 aromatic rings. The second-order valence-corrected chi connectivity index (χ2v) is 3.75. The number of halogens is 3. The smallest absolute Gasteiger partial charge is 0.461 e. The van der Waals surface area contributed by atoms with Gasteiger partial charge in [0.05, 0.1) is 6.10 Å². The van der Waals surface area contributed by atoms with E-state index in [1.807, 2.05) is 0 Å². The molecule has 0 saturated carbocycles. The fourth-order valence-electron chi connectivity index (χ4n) is 0.914. The van der Waals surface area contributed by atoms with Crippen LogP contribution in [0.5, 0.6) is 0 Å². The highest BCUT2D eigenvalue weighted by Gasteiger charge is 2.43. The van der Waals surface area contributed by atoms with Gasteiger partial charge in [-0.15, -0.1) is 0 Å². The lowest BCUT2D eigenvalue weighted by Gasteiger charge is -2.25. The molecule has 0 aliphatic rings. The predicted molar refractivity (Wildman–Crippen MR) is 54.1 cm³/mol. The molecule has 7 heteroatoms. The number of nitrogens with zero attached hydrogens (tertiary/aromatic N) is 1. The summed E-state index contributed by atoms with van der Waals surface area (Å²) in [5.41, 5.74) is 0. The number of likely N-dealkylation sites (N-methyl/N-ethyl adjacent to an activating group) is 1. The van der Waals surface area contributed by atoms with Crippen molar-refractivity contribution >= 4 is 11.9 Å². The summed E-state index contributed by atoms with van der Waals surface area (Å²) >= 11 is 0. The maximum absolute atomic E-state index is 12.1. The zero-order valence-corrected chi connectivity index (χ0v) is 10.2. The lowest BCUT2D eigenvalue weighted by atomic mass is 10.2. The van der Waals surface area contributed by atoms with Crippen molar-refractivity contribution in [1.82, 2.24) is 4.90 Å². The minimum Gasteiger partial charge on any atom is -0.461 e. The molecular weight excluding hydrogens is 239 g/mol. The van der Waals surface area contributed by atoms with Gasteiger partial charge in [-0.1, -0.05) is 6.92 Å². The van der Waals surface area contributed by atoms with Gasteiger partial charge in [-0.05, 0) is 20.3 Å². The molecule has 17 heavy (non-hydrogen) atoms. The summed E-state index contributed by atoms with van der Waals surface area (Å²) in [5.74, 6) is -2.91. The van der Waals surface area contributed by atoms with Crippen LogP contribution in [0, 0.1) is 0 Å². The third-order valence-corrected chi connectivity index (χ3v) is 2.38. The van der Waals surface area contributed by atoms with E-state index in [-0.39, 0.29) is 6.10 Å². The van der Waals surface area contributed by atoms with Crippen molar-refractivity contribution in [2.45, 2.75) is 45.5 Å². The van der Waals surface area contributed by atoms with Crippen LogP contribution in [0.25, 0.3) is 0 Å². The van der Waals surface area contributed by atoms with Gasteiger partial charge in [-0.3, -0.25) is 4.79 Å². The molecule has 0 bridgehead atoms. The first-order valence-electron chi connectivity index (χ1n) is 5.15.